The van der Waals surface area contributed by atoms with Crippen LogP contribution in [-0.4, -0.2) is 20.0 Å². The van der Waals surface area contributed by atoms with Gasteiger partial charge in [-0.25, -0.2) is 4.68 Å². The Morgan fingerprint density at radius 2 is 1.65 bits per heavy atom. The van der Waals surface area contributed by atoms with Crippen molar-refractivity contribution >= 4 is 0 Å². The molecule has 0 saturated carbocycles. The molecule has 0 amide bonds. The second-order valence-electron chi connectivity index (χ2n) is 3.62. The number of pyridine rings is 1. The molecule has 2 aromatic heterocycles. The van der Waals surface area contributed by atoms with E-state index < -0.39 is 0 Å². The highest BCUT2D eigenvalue weighted by Gasteiger charge is 2.03. The summed E-state index contributed by atoms with van der Waals surface area (Å²) in [5, 5.41) is 8.26. The summed E-state index contributed by atoms with van der Waals surface area (Å²) in [6.45, 7) is 0. The second kappa shape index (κ2) is 4.17. The first kappa shape index (κ1) is 9.72. The zero-order valence-electron chi connectivity index (χ0n) is 9.06. The minimum absolute atomic E-state index is 0.844. The average molecular weight is 222 g/mol. The van der Waals surface area contributed by atoms with Gasteiger partial charge in [-0.3, -0.25) is 4.98 Å². The van der Waals surface area contributed by atoms with Crippen LogP contribution in [0.5, 0.6) is 0 Å². The van der Waals surface area contributed by atoms with E-state index in [9.17, 15) is 0 Å². The number of para-hydroxylation sites is 1. The number of benzene rings is 1. The molecule has 4 heteroatoms. The summed E-state index contributed by atoms with van der Waals surface area (Å²) < 4.78 is 1.76. The van der Waals surface area contributed by atoms with Gasteiger partial charge in [-0.2, -0.15) is 0 Å². The minimum Gasteiger partial charge on any atom is -0.265 e. The molecule has 2 heterocycles. The molecule has 0 aliphatic rings. The Kier molecular flexibility index (Phi) is 2.38. The summed E-state index contributed by atoms with van der Waals surface area (Å²) in [6, 6.07) is 13.7. The Morgan fingerprint density at radius 1 is 0.882 bits per heavy atom. The Labute approximate surface area is 98.6 Å². The third-order valence-corrected chi connectivity index (χ3v) is 2.49. The van der Waals surface area contributed by atoms with Crippen LogP contribution >= 0.6 is 0 Å². The Morgan fingerprint density at radius 3 is 2.41 bits per heavy atom. The maximum Gasteiger partial charge on any atom is 0.113 e. The third-order valence-electron chi connectivity index (χ3n) is 2.49. The molecule has 0 aliphatic heterocycles. The molecule has 0 aliphatic carbocycles. The molecule has 82 valence electrons. The van der Waals surface area contributed by atoms with Crippen LogP contribution in [0.25, 0.3) is 16.9 Å². The molecule has 3 aromatic rings. The van der Waals surface area contributed by atoms with Crippen molar-refractivity contribution in [3.05, 3.63) is 61.1 Å². The summed E-state index contributed by atoms with van der Waals surface area (Å²) in [4.78, 5) is 3.98. The lowest BCUT2D eigenvalue weighted by molar-refractivity contribution is 0.804. The molecule has 17 heavy (non-hydrogen) atoms. The lowest BCUT2D eigenvalue weighted by atomic mass is 10.2. The van der Waals surface area contributed by atoms with E-state index in [1.165, 1.54) is 0 Å². The Balaban J connectivity index is 1.99. The van der Waals surface area contributed by atoms with Crippen molar-refractivity contribution in [2.75, 3.05) is 0 Å². The van der Waals surface area contributed by atoms with Crippen molar-refractivity contribution in [2.24, 2.45) is 0 Å². The van der Waals surface area contributed by atoms with Crippen molar-refractivity contribution in [1.29, 1.82) is 0 Å². The maximum absolute atomic E-state index is 4.15. The first-order valence-electron chi connectivity index (χ1n) is 5.32. The monoisotopic (exact) mass is 222 g/mol. The lowest BCUT2D eigenvalue weighted by Crippen LogP contribution is -1.93. The zero-order valence-corrected chi connectivity index (χ0v) is 9.06. The van der Waals surface area contributed by atoms with Gasteiger partial charge >= 0.3 is 0 Å². The number of nitrogens with zero attached hydrogens (tertiary/aromatic N) is 4. The Bertz CT molecular complexity index is 548. The maximum atomic E-state index is 4.15. The number of hydrogen-bond donors (Lipinski definition) is 0. The highest BCUT2D eigenvalue weighted by atomic mass is 15.4. The molecule has 0 unspecified atom stereocenters. The highest BCUT2D eigenvalue weighted by molar-refractivity contribution is 5.57. The second-order valence-corrected chi connectivity index (χ2v) is 3.62. The molecule has 1 aromatic carbocycles. The summed E-state index contributed by atoms with van der Waals surface area (Å²) in [5.41, 5.74) is 2.86. The van der Waals surface area contributed by atoms with Crippen LogP contribution < -0.4 is 0 Å². The van der Waals surface area contributed by atoms with Crippen LogP contribution in [-0.2, 0) is 0 Å². The largest absolute Gasteiger partial charge is 0.265 e. The van der Waals surface area contributed by atoms with Gasteiger partial charge in [0.1, 0.15) is 5.69 Å². The van der Waals surface area contributed by atoms with E-state index in [0.717, 1.165) is 16.9 Å². The fraction of sp³-hybridized carbons (Fsp3) is 0. The molecule has 0 spiro atoms. The van der Waals surface area contributed by atoms with E-state index in [1.807, 2.05) is 48.7 Å². The van der Waals surface area contributed by atoms with Gasteiger partial charge in [0.25, 0.3) is 0 Å². The lowest BCUT2D eigenvalue weighted by Gasteiger charge is -1.97. The van der Waals surface area contributed by atoms with Crippen molar-refractivity contribution in [1.82, 2.24) is 20.0 Å². The van der Waals surface area contributed by atoms with Crippen molar-refractivity contribution in [2.45, 2.75) is 0 Å². The summed E-state index contributed by atoms with van der Waals surface area (Å²) >= 11 is 0. The quantitative estimate of drug-likeness (QED) is 0.668. The minimum atomic E-state index is 0.844. The van der Waals surface area contributed by atoms with E-state index in [-0.39, 0.29) is 0 Å². The average Bonchev–Trinajstić information content (AvgIpc) is 2.90. The van der Waals surface area contributed by atoms with Gasteiger partial charge in [-0.15, -0.1) is 5.10 Å². The predicted molar refractivity (Wildman–Crippen MR) is 64.6 cm³/mol. The van der Waals surface area contributed by atoms with E-state index in [0.29, 0.717) is 0 Å². The van der Waals surface area contributed by atoms with E-state index in [4.69, 9.17) is 0 Å². The smallest absolute Gasteiger partial charge is 0.113 e. The molecular formula is C13H10N4. The molecule has 0 bridgehead atoms. The predicted octanol–water partition coefficient (Wildman–Crippen LogP) is 2.33. The topological polar surface area (TPSA) is 43.6 Å². The molecule has 0 N–H and O–H groups in total. The van der Waals surface area contributed by atoms with Crippen LogP contribution in [0.15, 0.2) is 61.1 Å². The summed E-state index contributed by atoms with van der Waals surface area (Å²) in [7, 11) is 0. The molecule has 0 atom stereocenters. The molecule has 4 nitrogen and oxygen atoms in total. The van der Waals surface area contributed by atoms with Crippen LogP contribution in [0, 0.1) is 0 Å². The first-order chi connectivity index (χ1) is 8.43. The number of rotatable bonds is 2. The zero-order chi connectivity index (χ0) is 11.5. The van der Waals surface area contributed by atoms with E-state index in [1.54, 1.807) is 17.1 Å². The SMILES string of the molecule is c1ccc(-n2cc(-c3ccncc3)nn2)cc1. The fourth-order valence-corrected chi connectivity index (χ4v) is 1.63. The van der Waals surface area contributed by atoms with Gasteiger partial charge in [0.15, 0.2) is 0 Å². The Hall–Kier alpha value is -2.49. The van der Waals surface area contributed by atoms with Gasteiger partial charge in [0, 0.05) is 18.0 Å². The summed E-state index contributed by atoms with van der Waals surface area (Å²) in [6.07, 6.45) is 5.40. The molecule has 0 radical (unpaired) electrons. The van der Waals surface area contributed by atoms with Crippen molar-refractivity contribution in [3.8, 4) is 16.9 Å². The van der Waals surface area contributed by atoms with Crippen molar-refractivity contribution in [3.63, 3.8) is 0 Å². The molecular weight excluding hydrogens is 212 g/mol. The molecule has 0 fully saturated rings. The number of hydrogen-bond acceptors (Lipinski definition) is 3. The van der Waals surface area contributed by atoms with Gasteiger partial charge < -0.3 is 0 Å². The van der Waals surface area contributed by atoms with Gasteiger partial charge in [-0.1, -0.05) is 23.4 Å². The molecule has 0 saturated heterocycles. The summed E-state index contributed by atoms with van der Waals surface area (Å²) in [5.74, 6) is 0. The number of aromatic nitrogens is 4. The van der Waals surface area contributed by atoms with Crippen LogP contribution in [0.1, 0.15) is 0 Å². The van der Waals surface area contributed by atoms with Gasteiger partial charge in [-0.05, 0) is 24.3 Å². The molecule has 3 rings (SSSR count). The normalized spacial score (nSPS) is 10.4. The van der Waals surface area contributed by atoms with Crippen LogP contribution in [0.4, 0.5) is 0 Å². The highest BCUT2D eigenvalue weighted by Crippen LogP contribution is 2.16. The van der Waals surface area contributed by atoms with Crippen LogP contribution in [0.3, 0.4) is 0 Å². The van der Waals surface area contributed by atoms with Crippen molar-refractivity contribution < 1.29 is 0 Å². The third kappa shape index (κ3) is 1.92. The van der Waals surface area contributed by atoms with Crippen LogP contribution in [0.2, 0.25) is 0 Å². The van der Waals surface area contributed by atoms with E-state index in [2.05, 4.69) is 15.3 Å². The van der Waals surface area contributed by atoms with Gasteiger partial charge in [0.2, 0.25) is 0 Å². The standard InChI is InChI=1S/C13H10N4/c1-2-4-12(5-3-1)17-10-13(15-16-17)11-6-8-14-9-7-11/h1-10H. The fourth-order valence-electron chi connectivity index (χ4n) is 1.63. The van der Waals surface area contributed by atoms with E-state index >= 15 is 0 Å². The first-order valence-corrected chi connectivity index (χ1v) is 5.32. The van der Waals surface area contributed by atoms with Gasteiger partial charge in [0.05, 0.1) is 11.9 Å².